The molecule has 0 N–H and O–H groups in total. The van der Waals surface area contributed by atoms with Crippen LogP contribution < -0.4 is 4.73 Å². The minimum Gasteiger partial charge on any atom is -0.618 e. The molecule has 2 aromatic heterocycles. The zero-order chi connectivity index (χ0) is 25.6. The number of likely N-dealkylation sites (tertiary alicyclic amines) is 1. The third kappa shape index (κ3) is 4.30. The SMILES string of the molecule is CC(C)N1CCC(c2cc(-c3ccc(F)cc3F)c3cc[n+]([O-])c(-c4cccc(F)c4F)c3n2)CC1. The molecule has 1 fully saturated rings. The molecule has 1 saturated heterocycles. The van der Waals surface area contributed by atoms with Crippen LogP contribution in [-0.2, 0) is 0 Å². The zero-order valence-corrected chi connectivity index (χ0v) is 19.9. The van der Waals surface area contributed by atoms with Gasteiger partial charge in [0.2, 0.25) is 0 Å². The van der Waals surface area contributed by atoms with E-state index in [-0.39, 0.29) is 28.3 Å². The van der Waals surface area contributed by atoms with Gasteiger partial charge < -0.3 is 10.1 Å². The highest BCUT2D eigenvalue weighted by molar-refractivity contribution is 6.00. The molecule has 0 aliphatic carbocycles. The fourth-order valence-electron chi connectivity index (χ4n) is 5.03. The van der Waals surface area contributed by atoms with Crippen molar-refractivity contribution in [3.63, 3.8) is 0 Å². The van der Waals surface area contributed by atoms with Crippen molar-refractivity contribution in [1.82, 2.24) is 9.88 Å². The topological polar surface area (TPSA) is 43.1 Å². The molecule has 5 rings (SSSR count). The van der Waals surface area contributed by atoms with E-state index in [2.05, 4.69) is 18.7 Å². The molecule has 0 amide bonds. The summed E-state index contributed by atoms with van der Waals surface area (Å²) < 4.78 is 58.0. The second-order valence-electron chi connectivity index (χ2n) is 9.48. The minimum atomic E-state index is -1.17. The average Bonchev–Trinajstić information content (AvgIpc) is 2.85. The number of benzene rings is 2. The summed E-state index contributed by atoms with van der Waals surface area (Å²) in [6.07, 6.45) is 2.77. The van der Waals surface area contributed by atoms with Gasteiger partial charge in [0.15, 0.2) is 17.8 Å². The predicted octanol–water partition coefficient (Wildman–Crippen LogP) is 6.35. The molecular weight excluding hydrogens is 470 g/mol. The number of halogens is 4. The van der Waals surface area contributed by atoms with Crippen LogP contribution >= 0.6 is 0 Å². The molecule has 4 nitrogen and oxygen atoms in total. The molecule has 186 valence electrons. The quantitative estimate of drug-likeness (QED) is 0.188. The van der Waals surface area contributed by atoms with Crippen LogP contribution in [0.4, 0.5) is 17.6 Å². The Morgan fingerprint density at radius 2 is 1.67 bits per heavy atom. The van der Waals surface area contributed by atoms with E-state index in [4.69, 9.17) is 4.98 Å². The number of hydrogen-bond acceptors (Lipinski definition) is 3. The van der Waals surface area contributed by atoms with Gasteiger partial charge in [-0.05, 0) is 75.7 Å². The lowest BCUT2D eigenvalue weighted by Crippen LogP contribution is -2.38. The number of nitrogens with zero attached hydrogens (tertiary/aromatic N) is 3. The van der Waals surface area contributed by atoms with Crippen LogP contribution in [-0.4, -0.2) is 29.0 Å². The Labute approximate surface area is 206 Å². The lowest BCUT2D eigenvalue weighted by molar-refractivity contribution is -0.592. The van der Waals surface area contributed by atoms with Crippen molar-refractivity contribution in [2.45, 2.75) is 38.6 Å². The second kappa shape index (κ2) is 9.50. The highest BCUT2D eigenvalue weighted by atomic mass is 19.2. The van der Waals surface area contributed by atoms with Crippen molar-refractivity contribution in [1.29, 1.82) is 0 Å². The molecule has 0 spiro atoms. The van der Waals surface area contributed by atoms with Gasteiger partial charge in [-0.25, -0.2) is 22.5 Å². The van der Waals surface area contributed by atoms with Gasteiger partial charge in [0.05, 0.1) is 5.56 Å². The lowest BCUT2D eigenvalue weighted by atomic mass is 9.89. The first-order valence-electron chi connectivity index (χ1n) is 11.9. The molecule has 0 radical (unpaired) electrons. The minimum absolute atomic E-state index is 0.0252. The van der Waals surface area contributed by atoms with Crippen molar-refractivity contribution in [2.24, 2.45) is 0 Å². The molecule has 0 unspecified atom stereocenters. The summed E-state index contributed by atoms with van der Waals surface area (Å²) in [7, 11) is 0. The third-order valence-electron chi connectivity index (χ3n) is 7.01. The molecule has 0 atom stereocenters. The van der Waals surface area contributed by atoms with Gasteiger partial charge in [-0.15, -0.1) is 0 Å². The first kappa shape index (κ1) is 24.2. The molecule has 36 heavy (non-hydrogen) atoms. The van der Waals surface area contributed by atoms with E-state index in [0.717, 1.165) is 50.3 Å². The molecular formula is C28H25F4N3O. The van der Waals surface area contributed by atoms with E-state index >= 15 is 0 Å². The van der Waals surface area contributed by atoms with E-state index in [1.165, 1.54) is 24.3 Å². The van der Waals surface area contributed by atoms with Crippen LogP contribution in [0.15, 0.2) is 54.7 Å². The van der Waals surface area contributed by atoms with E-state index in [1.807, 2.05) is 0 Å². The fourth-order valence-corrected chi connectivity index (χ4v) is 5.03. The van der Waals surface area contributed by atoms with Gasteiger partial charge in [-0.2, -0.15) is 4.73 Å². The van der Waals surface area contributed by atoms with Crippen molar-refractivity contribution in [3.05, 3.63) is 88.9 Å². The summed E-state index contributed by atoms with van der Waals surface area (Å²) in [5.74, 6) is -3.71. The number of fused-ring (bicyclic) bond motifs is 1. The summed E-state index contributed by atoms with van der Waals surface area (Å²) in [5, 5.41) is 13.3. The smallest absolute Gasteiger partial charge is 0.253 e. The molecule has 1 aliphatic rings. The van der Waals surface area contributed by atoms with Crippen molar-refractivity contribution in [3.8, 4) is 22.4 Å². The first-order chi connectivity index (χ1) is 17.2. The van der Waals surface area contributed by atoms with Crippen LogP contribution in [0, 0.1) is 28.5 Å². The largest absolute Gasteiger partial charge is 0.618 e. The number of aromatic nitrogens is 2. The molecule has 2 aromatic carbocycles. The molecule has 0 saturated carbocycles. The summed E-state index contributed by atoms with van der Waals surface area (Å²) in [6, 6.07) is 10.6. The monoisotopic (exact) mass is 495 g/mol. The molecule has 3 heterocycles. The number of rotatable bonds is 4. The maximum absolute atomic E-state index is 15.0. The highest BCUT2D eigenvalue weighted by Crippen LogP contribution is 2.38. The number of pyridine rings is 2. The first-order valence-corrected chi connectivity index (χ1v) is 11.9. The Morgan fingerprint density at radius 3 is 2.36 bits per heavy atom. The van der Waals surface area contributed by atoms with Crippen LogP contribution in [0.5, 0.6) is 0 Å². The van der Waals surface area contributed by atoms with Crippen LogP contribution in [0.3, 0.4) is 0 Å². The van der Waals surface area contributed by atoms with Crippen LogP contribution in [0.1, 0.15) is 38.3 Å². The van der Waals surface area contributed by atoms with Gasteiger partial charge in [-0.3, -0.25) is 0 Å². The van der Waals surface area contributed by atoms with E-state index in [1.54, 1.807) is 6.07 Å². The second-order valence-corrected chi connectivity index (χ2v) is 9.48. The van der Waals surface area contributed by atoms with E-state index in [9.17, 15) is 22.8 Å². The van der Waals surface area contributed by atoms with Crippen molar-refractivity contribution >= 4 is 10.9 Å². The molecule has 0 bridgehead atoms. The van der Waals surface area contributed by atoms with E-state index in [0.29, 0.717) is 27.4 Å². The van der Waals surface area contributed by atoms with Gasteiger partial charge in [0, 0.05) is 40.7 Å². The standard InChI is InChI=1S/C28H25F4N3O/c1-16(2)34-11-8-17(9-12-34)25-15-22(19-7-6-18(29)14-24(19)31)20-10-13-35(36)28(27(20)33-25)21-4-3-5-23(30)26(21)32/h3-7,10,13-17H,8-9,11-12H2,1-2H3. The summed E-state index contributed by atoms with van der Waals surface area (Å²) in [6.45, 7) is 5.97. The highest BCUT2D eigenvalue weighted by Gasteiger charge is 2.28. The maximum Gasteiger partial charge on any atom is 0.253 e. The zero-order valence-electron chi connectivity index (χ0n) is 19.9. The average molecular weight is 496 g/mol. The van der Waals surface area contributed by atoms with E-state index < -0.39 is 23.3 Å². The Balaban J connectivity index is 1.77. The van der Waals surface area contributed by atoms with Gasteiger partial charge in [-0.1, -0.05) is 6.07 Å². The lowest BCUT2D eigenvalue weighted by Gasteiger charge is -2.34. The summed E-state index contributed by atoms with van der Waals surface area (Å²) in [4.78, 5) is 7.14. The molecule has 4 aromatic rings. The Morgan fingerprint density at radius 1 is 0.917 bits per heavy atom. The molecule has 1 aliphatic heterocycles. The van der Waals surface area contributed by atoms with Crippen LogP contribution in [0.2, 0.25) is 0 Å². The fraction of sp³-hybridized carbons (Fsp3) is 0.286. The van der Waals surface area contributed by atoms with Crippen LogP contribution in [0.25, 0.3) is 33.3 Å². The van der Waals surface area contributed by atoms with Crippen molar-refractivity contribution in [2.75, 3.05) is 13.1 Å². The van der Waals surface area contributed by atoms with Crippen molar-refractivity contribution < 1.29 is 22.3 Å². The Kier molecular flexibility index (Phi) is 6.38. The number of hydrogen-bond donors (Lipinski definition) is 0. The molecule has 8 heteroatoms. The Bertz CT molecular complexity index is 1450. The predicted molar refractivity (Wildman–Crippen MR) is 130 cm³/mol. The normalized spacial score (nSPS) is 15.2. The Hall–Kier alpha value is -3.52. The summed E-state index contributed by atoms with van der Waals surface area (Å²) in [5.41, 5.74) is 0.931. The van der Waals surface area contributed by atoms with Gasteiger partial charge in [0.25, 0.3) is 5.69 Å². The van der Waals surface area contributed by atoms with Gasteiger partial charge in [0.1, 0.15) is 17.2 Å². The number of piperidine rings is 1. The summed E-state index contributed by atoms with van der Waals surface area (Å²) >= 11 is 0. The maximum atomic E-state index is 15.0. The van der Waals surface area contributed by atoms with Gasteiger partial charge >= 0.3 is 0 Å². The third-order valence-corrected chi connectivity index (χ3v) is 7.01.